The largest absolute Gasteiger partial charge is 0.389 e. The predicted octanol–water partition coefficient (Wildman–Crippen LogP) is 3.88. The van der Waals surface area contributed by atoms with E-state index in [-0.39, 0.29) is 10.9 Å². The molecule has 1 aliphatic carbocycles. The SMILES string of the molecule is NC(=S)c1ccc(Cl)cc1NC(=O)CCC1CCCC1. The van der Waals surface area contributed by atoms with Gasteiger partial charge in [0.15, 0.2) is 0 Å². The fourth-order valence-corrected chi connectivity index (χ4v) is 3.03. The van der Waals surface area contributed by atoms with E-state index in [1.807, 2.05) is 0 Å². The maximum atomic E-state index is 12.0. The molecule has 1 fully saturated rings. The highest BCUT2D eigenvalue weighted by Crippen LogP contribution is 2.29. The lowest BCUT2D eigenvalue weighted by Gasteiger charge is -2.12. The van der Waals surface area contributed by atoms with Gasteiger partial charge in [-0.25, -0.2) is 0 Å². The minimum absolute atomic E-state index is 0.00309. The van der Waals surface area contributed by atoms with Gasteiger partial charge in [0.25, 0.3) is 0 Å². The number of nitrogens with two attached hydrogens (primary N) is 1. The lowest BCUT2D eigenvalue weighted by atomic mass is 10.0. The molecule has 108 valence electrons. The number of carbonyl (C=O) groups excluding carboxylic acids is 1. The van der Waals surface area contributed by atoms with Crippen molar-refractivity contribution in [2.75, 3.05) is 5.32 Å². The number of rotatable bonds is 5. The topological polar surface area (TPSA) is 55.1 Å². The molecule has 1 aliphatic rings. The van der Waals surface area contributed by atoms with Gasteiger partial charge in [0.1, 0.15) is 4.99 Å². The van der Waals surface area contributed by atoms with Crippen LogP contribution in [0.3, 0.4) is 0 Å². The first-order chi connectivity index (χ1) is 9.56. The standard InChI is InChI=1S/C15H19ClN2OS/c16-11-6-7-12(15(17)20)13(9-11)18-14(19)8-5-10-3-1-2-4-10/h6-7,9-10H,1-5,8H2,(H2,17,20)(H,18,19). The number of hydrogen-bond donors (Lipinski definition) is 2. The molecule has 0 spiro atoms. The van der Waals surface area contributed by atoms with Crippen LogP contribution in [0, 0.1) is 5.92 Å². The first kappa shape index (κ1) is 15.3. The molecule has 0 unspecified atom stereocenters. The molecule has 0 radical (unpaired) electrons. The molecule has 3 N–H and O–H groups in total. The van der Waals surface area contributed by atoms with Gasteiger partial charge in [-0.3, -0.25) is 4.79 Å². The maximum Gasteiger partial charge on any atom is 0.224 e. The zero-order valence-corrected chi connectivity index (χ0v) is 12.9. The Morgan fingerprint density at radius 2 is 2.10 bits per heavy atom. The molecule has 1 saturated carbocycles. The summed E-state index contributed by atoms with van der Waals surface area (Å²) in [6.07, 6.45) is 6.59. The summed E-state index contributed by atoms with van der Waals surface area (Å²) in [5.74, 6) is 0.701. The van der Waals surface area contributed by atoms with Crippen molar-refractivity contribution >= 4 is 40.4 Å². The first-order valence-electron chi connectivity index (χ1n) is 6.95. The Morgan fingerprint density at radius 3 is 2.75 bits per heavy atom. The molecule has 1 amide bonds. The van der Waals surface area contributed by atoms with Crippen LogP contribution in [0.2, 0.25) is 5.02 Å². The van der Waals surface area contributed by atoms with Crippen molar-refractivity contribution in [2.24, 2.45) is 11.7 Å². The number of halogens is 1. The Balaban J connectivity index is 1.96. The quantitative estimate of drug-likeness (QED) is 0.811. The molecule has 5 heteroatoms. The molecule has 3 nitrogen and oxygen atoms in total. The first-order valence-corrected chi connectivity index (χ1v) is 7.74. The Morgan fingerprint density at radius 1 is 1.40 bits per heavy atom. The lowest BCUT2D eigenvalue weighted by Crippen LogP contribution is -2.18. The third-order valence-electron chi connectivity index (χ3n) is 3.78. The molecule has 2 rings (SSSR count). The van der Waals surface area contributed by atoms with Crippen LogP contribution in [0.1, 0.15) is 44.1 Å². The van der Waals surface area contributed by atoms with E-state index in [9.17, 15) is 4.79 Å². The number of nitrogens with one attached hydrogen (secondary N) is 1. The van der Waals surface area contributed by atoms with Crippen molar-refractivity contribution < 1.29 is 4.79 Å². The van der Waals surface area contributed by atoms with E-state index >= 15 is 0 Å². The highest BCUT2D eigenvalue weighted by Gasteiger charge is 2.17. The number of hydrogen-bond acceptors (Lipinski definition) is 2. The molecule has 0 saturated heterocycles. The second-order valence-corrected chi connectivity index (χ2v) is 6.17. The number of thiocarbonyl (C=S) groups is 1. The Bertz CT molecular complexity index is 513. The average Bonchev–Trinajstić information content (AvgIpc) is 2.89. The van der Waals surface area contributed by atoms with E-state index in [4.69, 9.17) is 29.6 Å². The van der Waals surface area contributed by atoms with Gasteiger partial charge in [-0.05, 0) is 30.5 Å². The summed E-state index contributed by atoms with van der Waals surface area (Å²) < 4.78 is 0. The maximum absolute atomic E-state index is 12.0. The molecular formula is C15H19ClN2OS. The van der Waals surface area contributed by atoms with E-state index in [0.29, 0.717) is 28.6 Å². The summed E-state index contributed by atoms with van der Waals surface area (Å²) >= 11 is 10.9. The molecule has 0 aromatic heterocycles. The fraction of sp³-hybridized carbons (Fsp3) is 0.467. The van der Waals surface area contributed by atoms with Gasteiger partial charge in [-0.2, -0.15) is 0 Å². The van der Waals surface area contributed by atoms with Crippen LogP contribution in [0.5, 0.6) is 0 Å². The molecule has 0 aliphatic heterocycles. The molecular weight excluding hydrogens is 292 g/mol. The van der Waals surface area contributed by atoms with Crippen LogP contribution in [-0.4, -0.2) is 10.9 Å². The zero-order valence-electron chi connectivity index (χ0n) is 11.3. The van der Waals surface area contributed by atoms with Crippen molar-refractivity contribution in [1.82, 2.24) is 0 Å². The Labute approximate surface area is 129 Å². The number of carbonyl (C=O) groups is 1. The van der Waals surface area contributed by atoms with Gasteiger partial charge < -0.3 is 11.1 Å². The molecule has 0 heterocycles. The lowest BCUT2D eigenvalue weighted by molar-refractivity contribution is -0.116. The van der Waals surface area contributed by atoms with Crippen molar-refractivity contribution in [3.8, 4) is 0 Å². The second kappa shape index (κ2) is 7.04. The van der Waals surface area contributed by atoms with E-state index in [1.165, 1.54) is 25.7 Å². The van der Waals surface area contributed by atoms with E-state index in [0.717, 1.165) is 6.42 Å². The van der Waals surface area contributed by atoms with Crippen LogP contribution in [0.15, 0.2) is 18.2 Å². The third-order valence-corrected chi connectivity index (χ3v) is 4.23. The van der Waals surface area contributed by atoms with Crippen molar-refractivity contribution in [1.29, 1.82) is 0 Å². The van der Waals surface area contributed by atoms with E-state index in [1.54, 1.807) is 18.2 Å². The van der Waals surface area contributed by atoms with Crippen LogP contribution >= 0.6 is 23.8 Å². The third kappa shape index (κ3) is 4.18. The number of amides is 1. The molecule has 1 aromatic rings. The highest BCUT2D eigenvalue weighted by atomic mass is 35.5. The van der Waals surface area contributed by atoms with Crippen molar-refractivity contribution in [3.63, 3.8) is 0 Å². The van der Waals surface area contributed by atoms with Crippen LogP contribution in [0.4, 0.5) is 5.69 Å². The molecule has 0 atom stereocenters. The summed E-state index contributed by atoms with van der Waals surface area (Å²) in [6.45, 7) is 0. The summed E-state index contributed by atoms with van der Waals surface area (Å²) in [7, 11) is 0. The second-order valence-electron chi connectivity index (χ2n) is 5.29. The molecule has 0 bridgehead atoms. The van der Waals surface area contributed by atoms with Gasteiger partial charge in [-0.1, -0.05) is 49.5 Å². The van der Waals surface area contributed by atoms with Gasteiger partial charge in [0, 0.05) is 17.0 Å². The predicted molar refractivity (Wildman–Crippen MR) is 87.2 cm³/mol. The van der Waals surface area contributed by atoms with Crippen LogP contribution in [0.25, 0.3) is 0 Å². The summed E-state index contributed by atoms with van der Waals surface area (Å²) in [4.78, 5) is 12.3. The summed E-state index contributed by atoms with van der Waals surface area (Å²) in [6, 6.07) is 5.13. The summed E-state index contributed by atoms with van der Waals surface area (Å²) in [5, 5.41) is 3.42. The zero-order chi connectivity index (χ0) is 14.5. The average molecular weight is 311 g/mol. The van der Waals surface area contributed by atoms with E-state index < -0.39 is 0 Å². The minimum atomic E-state index is -0.00309. The van der Waals surface area contributed by atoms with E-state index in [2.05, 4.69) is 5.32 Å². The van der Waals surface area contributed by atoms with Crippen molar-refractivity contribution in [2.45, 2.75) is 38.5 Å². The monoisotopic (exact) mass is 310 g/mol. The number of benzene rings is 1. The molecule has 1 aromatic carbocycles. The fourth-order valence-electron chi connectivity index (χ4n) is 2.68. The van der Waals surface area contributed by atoms with Gasteiger partial charge in [-0.15, -0.1) is 0 Å². The van der Waals surface area contributed by atoms with Crippen LogP contribution < -0.4 is 11.1 Å². The van der Waals surface area contributed by atoms with Crippen molar-refractivity contribution in [3.05, 3.63) is 28.8 Å². The Hall–Kier alpha value is -1.13. The normalized spacial score (nSPS) is 15.2. The summed E-state index contributed by atoms with van der Waals surface area (Å²) in [5.41, 5.74) is 6.90. The number of anilines is 1. The van der Waals surface area contributed by atoms with Gasteiger partial charge in [0.05, 0.1) is 5.69 Å². The van der Waals surface area contributed by atoms with Gasteiger partial charge >= 0.3 is 0 Å². The minimum Gasteiger partial charge on any atom is -0.389 e. The highest BCUT2D eigenvalue weighted by molar-refractivity contribution is 7.80. The Kier molecular flexibility index (Phi) is 5.38. The molecule has 20 heavy (non-hydrogen) atoms. The smallest absolute Gasteiger partial charge is 0.224 e. The van der Waals surface area contributed by atoms with Gasteiger partial charge in [0.2, 0.25) is 5.91 Å². The van der Waals surface area contributed by atoms with Crippen LogP contribution in [-0.2, 0) is 4.79 Å².